The fourth-order valence-corrected chi connectivity index (χ4v) is 5.00. The molecule has 2 saturated heterocycles. The molecular weight excluding hydrogens is 362 g/mol. The summed E-state index contributed by atoms with van der Waals surface area (Å²) in [4.78, 5) is 22.1. The maximum atomic E-state index is 12.8. The molecule has 4 rings (SSSR count). The molecule has 6 heteroatoms. The summed E-state index contributed by atoms with van der Waals surface area (Å²) in [6.45, 7) is 12.6. The molecule has 29 heavy (non-hydrogen) atoms. The normalized spacial score (nSPS) is 24.9. The van der Waals surface area contributed by atoms with Gasteiger partial charge in [0.25, 0.3) is 0 Å². The number of fused-ring (bicyclic) bond motifs is 1. The van der Waals surface area contributed by atoms with Gasteiger partial charge in [0.2, 0.25) is 5.91 Å². The minimum Gasteiger partial charge on any atom is -0.341 e. The summed E-state index contributed by atoms with van der Waals surface area (Å²) >= 11 is 0. The molecule has 0 saturated carbocycles. The maximum Gasteiger partial charge on any atom is 0.225 e. The van der Waals surface area contributed by atoms with Gasteiger partial charge in [-0.05, 0) is 37.4 Å². The summed E-state index contributed by atoms with van der Waals surface area (Å²) in [7, 11) is 0. The number of carbonyl (C=O) groups excluding carboxylic acids is 1. The van der Waals surface area contributed by atoms with E-state index in [4.69, 9.17) is 4.98 Å². The van der Waals surface area contributed by atoms with Crippen molar-refractivity contribution in [3.63, 3.8) is 0 Å². The summed E-state index contributed by atoms with van der Waals surface area (Å²) in [5.41, 5.74) is 2.61. The smallest absolute Gasteiger partial charge is 0.225 e. The highest BCUT2D eigenvalue weighted by atomic mass is 16.2. The van der Waals surface area contributed by atoms with Crippen LogP contribution in [0.2, 0.25) is 0 Å². The number of amides is 1. The molecule has 2 aliphatic rings. The van der Waals surface area contributed by atoms with E-state index in [1.54, 1.807) is 0 Å². The van der Waals surface area contributed by atoms with E-state index in [1.165, 1.54) is 11.1 Å². The van der Waals surface area contributed by atoms with Crippen LogP contribution in [0.4, 0.5) is 0 Å². The van der Waals surface area contributed by atoms with Crippen LogP contribution < -0.4 is 0 Å². The minimum atomic E-state index is -0.127. The fourth-order valence-electron chi connectivity index (χ4n) is 5.00. The predicted octanol–water partition coefficient (Wildman–Crippen LogP) is 2.93. The molecule has 6 nitrogen and oxygen atoms in total. The number of hydrogen-bond acceptors (Lipinski definition) is 4. The van der Waals surface area contributed by atoms with Crippen molar-refractivity contribution in [2.75, 3.05) is 26.2 Å². The molecule has 3 heterocycles. The number of likely N-dealkylation sites (tertiary alicyclic amines) is 2. The van der Waals surface area contributed by atoms with E-state index in [2.05, 4.69) is 51.2 Å². The zero-order chi connectivity index (χ0) is 20.6. The largest absolute Gasteiger partial charge is 0.341 e. The molecule has 1 aromatic heterocycles. The standard InChI is InChI=1S/C23H33N5O/c1-5-18-6-8-19(9-7-18)12-27-11-10-23(22-24-17(4)25-26-22)15-28(14-20(23)13-27)21(29)16(2)3/h6-9,16,20H,5,10-15H2,1-4H3,(H,24,25,26)/t20-,23-/m1/s1. The molecule has 0 spiro atoms. The second kappa shape index (κ2) is 7.90. The van der Waals surface area contributed by atoms with Gasteiger partial charge in [-0.1, -0.05) is 45.0 Å². The molecule has 0 bridgehead atoms. The van der Waals surface area contributed by atoms with E-state index in [0.29, 0.717) is 5.92 Å². The van der Waals surface area contributed by atoms with Crippen LogP contribution in [-0.2, 0) is 23.2 Å². The Hall–Kier alpha value is -2.21. The second-order valence-corrected chi connectivity index (χ2v) is 9.13. The molecule has 156 valence electrons. The molecular formula is C23H33N5O. The molecule has 1 aromatic carbocycles. The Labute approximate surface area is 173 Å². The highest BCUT2D eigenvalue weighted by molar-refractivity contribution is 5.78. The number of nitrogens with one attached hydrogen (secondary N) is 1. The summed E-state index contributed by atoms with van der Waals surface area (Å²) < 4.78 is 0. The topological polar surface area (TPSA) is 65.1 Å². The Morgan fingerprint density at radius 3 is 2.59 bits per heavy atom. The Morgan fingerprint density at radius 2 is 1.97 bits per heavy atom. The van der Waals surface area contributed by atoms with Gasteiger partial charge >= 0.3 is 0 Å². The highest BCUT2D eigenvalue weighted by Crippen LogP contribution is 2.44. The van der Waals surface area contributed by atoms with Gasteiger partial charge in [-0.15, -0.1) is 0 Å². The second-order valence-electron chi connectivity index (χ2n) is 9.13. The third-order valence-corrected chi connectivity index (χ3v) is 6.73. The van der Waals surface area contributed by atoms with Gasteiger partial charge in [0.1, 0.15) is 5.82 Å². The van der Waals surface area contributed by atoms with E-state index in [1.807, 2.05) is 20.8 Å². The summed E-state index contributed by atoms with van der Waals surface area (Å²) in [5.74, 6) is 2.37. The highest BCUT2D eigenvalue weighted by Gasteiger charge is 2.54. The Bertz CT molecular complexity index is 858. The van der Waals surface area contributed by atoms with Gasteiger partial charge in [0.15, 0.2) is 5.82 Å². The van der Waals surface area contributed by atoms with Crippen LogP contribution in [0.25, 0.3) is 0 Å². The number of nitrogens with zero attached hydrogens (tertiary/aromatic N) is 4. The zero-order valence-corrected chi connectivity index (χ0v) is 18.1. The van der Waals surface area contributed by atoms with Crippen LogP contribution in [-0.4, -0.2) is 57.1 Å². The van der Waals surface area contributed by atoms with Crippen molar-refractivity contribution in [3.05, 3.63) is 47.0 Å². The van der Waals surface area contributed by atoms with Crippen LogP contribution in [0.3, 0.4) is 0 Å². The van der Waals surface area contributed by atoms with Gasteiger partial charge in [-0.3, -0.25) is 14.8 Å². The first kappa shape index (κ1) is 20.1. The quantitative estimate of drug-likeness (QED) is 0.845. The Morgan fingerprint density at radius 1 is 1.24 bits per heavy atom. The first-order chi connectivity index (χ1) is 13.9. The SMILES string of the molecule is CCc1ccc(CN2CC[C@@]3(c4n[nH]c(C)n4)CN(C(=O)C(C)C)C[C@H]3C2)cc1. The summed E-state index contributed by atoms with van der Waals surface area (Å²) in [6.07, 6.45) is 2.06. The van der Waals surface area contributed by atoms with E-state index >= 15 is 0 Å². The first-order valence-corrected chi connectivity index (χ1v) is 10.9. The average Bonchev–Trinajstić information content (AvgIpc) is 3.32. The van der Waals surface area contributed by atoms with Gasteiger partial charge in [0, 0.05) is 38.0 Å². The molecule has 0 radical (unpaired) electrons. The van der Waals surface area contributed by atoms with E-state index in [0.717, 1.165) is 57.2 Å². The van der Waals surface area contributed by atoms with Crippen LogP contribution in [0, 0.1) is 18.8 Å². The van der Waals surface area contributed by atoms with Gasteiger partial charge in [0.05, 0.1) is 5.41 Å². The number of aromatic amines is 1. The van der Waals surface area contributed by atoms with Crippen molar-refractivity contribution in [3.8, 4) is 0 Å². The lowest BCUT2D eigenvalue weighted by Gasteiger charge is -2.41. The summed E-state index contributed by atoms with van der Waals surface area (Å²) in [6, 6.07) is 8.97. The predicted molar refractivity (Wildman–Crippen MR) is 113 cm³/mol. The van der Waals surface area contributed by atoms with Crippen LogP contribution in [0.5, 0.6) is 0 Å². The zero-order valence-electron chi connectivity index (χ0n) is 18.1. The fraction of sp³-hybridized carbons (Fsp3) is 0.609. The van der Waals surface area contributed by atoms with Crippen molar-refractivity contribution in [2.45, 2.75) is 52.5 Å². The number of piperidine rings is 1. The minimum absolute atomic E-state index is 0.0225. The average molecular weight is 396 g/mol. The van der Waals surface area contributed by atoms with Gasteiger partial charge in [-0.25, -0.2) is 4.98 Å². The first-order valence-electron chi connectivity index (χ1n) is 10.9. The van der Waals surface area contributed by atoms with Crippen LogP contribution in [0.1, 0.15) is 50.0 Å². The Balaban J connectivity index is 1.54. The van der Waals surface area contributed by atoms with Gasteiger partial charge in [-0.2, -0.15) is 5.10 Å². The third kappa shape index (κ3) is 3.82. The van der Waals surface area contributed by atoms with E-state index in [9.17, 15) is 4.79 Å². The van der Waals surface area contributed by atoms with E-state index in [-0.39, 0.29) is 17.2 Å². The van der Waals surface area contributed by atoms with Crippen molar-refractivity contribution in [2.24, 2.45) is 11.8 Å². The third-order valence-electron chi connectivity index (χ3n) is 6.73. The van der Waals surface area contributed by atoms with Crippen molar-refractivity contribution >= 4 is 5.91 Å². The number of H-pyrrole nitrogens is 1. The van der Waals surface area contributed by atoms with E-state index < -0.39 is 0 Å². The number of aryl methyl sites for hydroxylation is 2. The molecule has 1 amide bonds. The number of carbonyl (C=O) groups is 1. The number of benzene rings is 1. The maximum absolute atomic E-state index is 12.8. The lowest BCUT2D eigenvalue weighted by atomic mass is 9.72. The molecule has 2 aromatic rings. The van der Waals surface area contributed by atoms with Gasteiger partial charge < -0.3 is 4.90 Å². The molecule has 0 unspecified atom stereocenters. The van der Waals surface area contributed by atoms with Crippen molar-refractivity contribution < 1.29 is 4.79 Å². The van der Waals surface area contributed by atoms with Crippen LogP contribution in [0.15, 0.2) is 24.3 Å². The molecule has 2 fully saturated rings. The molecule has 2 aliphatic heterocycles. The summed E-state index contributed by atoms with van der Waals surface area (Å²) in [5, 5.41) is 7.57. The monoisotopic (exact) mass is 395 g/mol. The number of aromatic nitrogens is 3. The lowest BCUT2D eigenvalue weighted by Crippen LogP contribution is -2.49. The van der Waals surface area contributed by atoms with Crippen LogP contribution >= 0.6 is 0 Å². The molecule has 0 aliphatic carbocycles. The van der Waals surface area contributed by atoms with Crippen molar-refractivity contribution in [1.82, 2.24) is 25.0 Å². The lowest BCUT2D eigenvalue weighted by molar-refractivity contribution is -0.133. The van der Waals surface area contributed by atoms with Crippen molar-refractivity contribution in [1.29, 1.82) is 0 Å². The molecule has 2 atom stereocenters. The number of rotatable bonds is 5. The number of hydrogen-bond donors (Lipinski definition) is 1. The Kier molecular flexibility index (Phi) is 5.47. The molecule has 1 N–H and O–H groups in total.